The van der Waals surface area contributed by atoms with Crippen molar-refractivity contribution in [1.29, 1.82) is 0 Å². The molecule has 2 rings (SSSR count). The van der Waals surface area contributed by atoms with E-state index in [1.54, 1.807) is 24.7 Å². The molecule has 0 spiro atoms. The van der Waals surface area contributed by atoms with Gasteiger partial charge >= 0.3 is 0 Å². The molecule has 0 bridgehead atoms. The van der Waals surface area contributed by atoms with E-state index in [1.165, 1.54) is 0 Å². The van der Waals surface area contributed by atoms with Crippen molar-refractivity contribution in [2.75, 3.05) is 5.73 Å². The summed E-state index contributed by atoms with van der Waals surface area (Å²) in [5, 5.41) is 0. The van der Waals surface area contributed by atoms with Crippen molar-refractivity contribution >= 4 is 18.1 Å². The van der Waals surface area contributed by atoms with E-state index >= 15 is 0 Å². The Labute approximate surface area is 88.4 Å². The van der Waals surface area contributed by atoms with Crippen LogP contribution in [0.3, 0.4) is 0 Å². The topological polar surface area (TPSA) is 51.8 Å². The van der Waals surface area contributed by atoms with Crippen LogP contribution in [0.4, 0.5) is 5.69 Å². The normalized spacial score (nSPS) is 9.14. The molecular weight excluding hydrogens is 198 g/mol. The molecule has 2 N–H and O–H groups in total. The Bertz CT molecular complexity index is 403. The highest BCUT2D eigenvalue weighted by Gasteiger charge is 1.97. The van der Waals surface area contributed by atoms with Crippen LogP contribution in [0.15, 0.2) is 42.9 Å². The van der Waals surface area contributed by atoms with E-state index in [0.29, 0.717) is 5.69 Å². The molecule has 0 aliphatic rings. The van der Waals surface area contributed by atoms with Gasteiger partial charge in [0, 0.05) is 29.8 Å². The first-order valence-corrected chi connectivity index (χ1v) is 3.98. The van der Waals surface area contributed by atoms with E-state index in [2.05, 4.69) is 9.97 Å². The number of pyridine rings is 2. The average Bonchev–Trinajstić information content (AvgIpc) is 2.19. The van der Waals surface area contributed by atoms with E-state index in [1.807, 2.05) is 18.2 Å². The van der Waals surface area contributed by atoms with Gasteiger partial charge in [0.25, 0.3) is 0 Å². The molecule has 0 aliphatic heterocycles. The van der Waals surface area contributed by atoms with Gasteiger partial charge in [-0.25, -0.2) is 0 Å². The molecule has 0 aromatic carbocycles. The third-order valence-corrected chi connectivity index (χ3v) is 1.74. The van der Waals surface area contributed by atoms with Crippen molar-refractivity contribution in [1.82, 2.24) is 9.97 Å². The standard InChI is InChI=1S/C10H9N3.ClH/c11-9-3-5-13-10(6-9)8-2-1-4-12-7-8;/h1-7H,(H2,11,13);1H. The Morgan fingerprint density at radius 2 is 2.00 bits per heavy atom. The average molecular weight is 208 g/mol. The van der Waals surface area contributed by atoms with Crippen LogP contribution in [-0.4, -0.2) is 9.97 Å². The SMILES string of the molecule is Cl.Nc1ccnc(-c2cccnc2)c1. The first-order chi connectivity index (χ1) is 6.36. The zero-order chi connectivity index (χ0) is 9.10. The van der Waals surface area contributed by atoms with Gasteiger partial charge in [-0.2, -0.15) is 0 Å². The van der Waals surface area contributed by atoms with Crippen LogP contribution < -0.4 is 5.73 Å². The lowest BCUT2D eigenvalue weighted by atomic mass is 10.2. The molecule has 4 heteroatoms. The Morgan fingerprint density at radius 3 is 2.64 bits per heavy atom. The summed E-state index contributed by atoms with van der Waals surface area (Å²) in [7, 11) is 0. The summed E-state index contributed by atoms with van der Waals surface area (Å²) in [6.45, 7) is 0. The van der Waals surface area contributed by atoms with Crippen molar-refractivity contribution in [2.45, 2.75) is 0 Å². The minimum atomic E-state index is 0. The van der Waals surface area contributed by atoms with Crippen molar-refractivity contribution < 1.29 is 0 Å². The predicted molar refractivity (Wildman–Crippen MR) is 59.1 cm³/mol. The maximum Gasteiger partial charge on any atom is 0.0737 e. The third kappa shape index (κ3) is 2.20. The highest BCUT2D eigenvalue weighted by molar-refractivity contribution is 5.85. The van der Waals surface area contributed by atoms with Gasteiger partial charge in [-0.15, -0.1) is 12.4 Å². The minimum Gasteiger partial charge on any atom is -0.399 e. The zero-order valence-electron chi connectivity index (χ0n) is 7.42. The fraction of sp³-hybridized carbons (Fsp3) is 0. The zero-order valence-corrected chi connectivity index (χ0v) is 8.24. The van der Waals surface area contributed by atoms with E-state index in [9.17, 15) is 0 Å². The molecule has 72 valence electrons. The summed E-state index contributed by atoms with van der Waals surface area (Å²) < 4.78 is 0. The maximum absolute atomic E-state index is 5.64. The van der Waals surface area contributed by atoms with E-state index < -0.39 is 0 Å². The van der Waals surface area contributed by atoms with Gasteiger partial charge in [0.2, 0.25) is 0 Å². The van der Waals surface area contributed by atoms with E-state index in [-0.39, 0.29) is 12.4 Å². The monoisotopic (exact) mass is 207 g/mol. The Hall–Kier alpha value is -1.61. The molecule has 0 unspecified atom stereocenters. The number of nitrogens with zero attached hydrogens (tertiary/aromatic N) is 2. The first-order valence-electron chi connectivity index (χ1n) is 3.98. The number of rotatable bonds is 1. The molecule has 0 saturated heterocycles. The number of nitrogens with two attached hydrogens (primary N) is 1. The molecule has 2 aromatic rings. The van der Waals surface area contributed by atoms with Crippen molar-refractivity contribution in [3.05, 3.63) is 42.9 Å². The second kappa shape index (κ2) is 4.58. The van der Waals surface area contributed by atoms with Crippen LogP contribution in [0.1, 0.15) is 0 Å². The molecule has 0 amide bonds. The molecule has 2 heterocycles. The number of anilines is 1. The molecule has 0 fully saturated rings. The fourth-order valence-corrected chi connectivity index (χ4v) is 1.12. The molecule has 0 aliphatic carbocycles. The van der Waals surface area contributed by atoms with Crippen LogP contribution in [0, 0.1) is 0 Å². The second-order valence-corrected chi connectivity index (χ2v) is 2.72. The largest absolute Gasteiger partial charge is 0.399 e. The number of hydrogen-bond donors (Lipinski definition) is 1. The summed E-state index contributed by atoms with van der Waals surface area (Å²) in [5.74, 6) is 0. The molecule has 2 aromatic heterocycles. The lowest BCUT2D eigenvalue weighted by Gasteiger charge is -1.99. The van der Waals surface area contributed by atoms with Crippen molar-refractivity contribution in [2.24, 2.45) is 0 Å². The van der Waals surface area contributed by atoms with Gasteiger partial charge in [-0.3, -0.25) is 9.97 Å². The predicted octanol–water partition coefficient (Wildman–Crippen LogP) is 2.15. The smallest absolute Gasteiger partial charge is 0.0737 e. The summed E-state index contributed by atoms with van der Waals surface area (Å²) >= 11 is 0. The fourth-order valence-electron chi connectivity index (χ4n) is 1.12. The van der Waals surface area contributed by atoms with Gasteiger partial charge in [0.15, 0.2) is 0 Å². The lowest BCUT2D eigenvalue weighted by Crippen LogP contribution is -1.88. The van der Waals surface area contributed by atoms with Gasteiger partial charge in [0.05, 0.1) is 5.69 Å². The van der Waals surface area contributed by atoms with Gasteiger partial charge in [0.1, 0.15) is 0 Å². The highest BCUT2D eigenvalue weighted by Crippen LogP contribution is 2.16. The van der Waals surface area contributed by atoms with Gasteiger partial charge in [-0.1, -0.05) is 0 Å². The molecule has 0 radical (unpaired) electrons. The number of nitrogen functional groups attached to an aromatic ring is 1. The van der Waals surface area contributed by atoms with E-state index in [0.717, 1.165) is 11.3 Å². The van der Waals surface area contributed by atoms with E-state index in [4.69, 9.17) is 5.73 Å². The Kier molecular flexibility index (Phi) is 3.42. The maximum atomic E-state index is 5.64. The highest BCUT2D eigenvalue weighted by atomic mass is 35.5. The van der Waals surface area contributed by atoms with Gasteiger partial charge < -0.3 is 5.73 Å². The summed E-state index contributed by atoms with van der Waals surface area (Å²) in [6, 6.07) is 7.42. The molecule has 14 heavy (non-hydrogen) atoms. The van der Waals surface area contributed by atoms with Crippen LogP contribution in [-0.2, 0) is 0 Å². The summed E-state index contributed by atoms with van der Waals surface area (Å²) in [5.41, 5.74) is 8.19. The Morgan fingerprint density at radius 1 is 1.14 bits per heavy atom. The first kappa shape index (κ1) is 10.5. The molecular formula is C10H10ClN3. The van der Waals surface area contributed by atoms with Crippen LogP contribution in [0.5, 0.6) is 0 Å². The quantitative estimate of drug-likeness (QED) is 0.780. The van der Waals surface area contributed by atoms with Crippen molar-refractivity contribution in [3.63, 3.8) is 0 Å². The van der Waals surface area contributed by atoms with Crippen LogP contribution in [0.2, 0.25) is 0 Å². The minimum absolute atomic E-state index is 0. The molecule has 0 saturated carbocycles. The third-order valence-electron chi connectivity index (χ3n) is 1.74. The van der Waals surface area contributed by atoms with Crippen LogP contribution in [0.25, 0.3) is 11.3 Å². The van der Waals surface area contributed by atoms with Crippen LogP contribution >= 0.6 is 12.4 Å². The van der Waals surface area contributed by atoms with Gasteiger partial charge in [-0.05, 0) is 24.3 Å². The van der Waals surface area contributed by atoms with Crippen molar-refractivity contribution in [3.8, 4) is 11.3 Å². The molecule has 3 nitrogen and oxygen atoms in total. The number of aromatic nitrogens is 2. The number of hydrogen-bond acceptors (Lipinski definition) is 3. The Balaban J connectivity index is 0.000000980. The molecule has 0 atom stereocenters. The second-order valence-electron chi connectivity index (χ2n) is 2.72. The summed E-state index contributed by atoms with van der Waals surface area (Å²) in [6.07, 6.45) is 5.19. The summed E-state index contributed by atoms with van der Waals surface area (Å²) in [4.78, 5) is 8.20. The lowest BCUT2D eigenvalue weighted by molar-refractivity contribution is 1.28. The number of halogens is 1.